The van der Waals surface area contributed by atoms with E-state index in [0.717, 1.165) is 30.9 Å². The van der Waals surface area contributed by atoms with Gasteiger partial charge in [0.1, 0.15) is 11.8 Å². The van der Waals surface area contributed by atoms with E-state index < -0.39 is 24.5 Å². The first-order chi connectivity index (χ1) is 16.9. The van der Waals surface area contributed by atoms with Gasteiger partial charge in [-0.3, -0.25) is 9.50 Å². The minimum Gasteiger partial charge on any atom is -0.481 e. The largest absolute Gasteiger partial charge is 0.481 e. The number of rotatable bonds is 8. The fourth-order valence-corrected chi connectivity index (χ4v) is 5.04. The highest BCUT2D eigenvalue weighted by molar-refractivity contribution is 5.69. The van der Waals surface area contributed by atoms with Gasteiger partial charge in [-0.25, -0.2) is 14.2 Å². The number of anilines is 2. The molecule has 3 aromatic rings. The number of amides is 1. The van der Waals surface area contributed by atoms with E-state index in [0.29, 0.717) is 35.6 Å². The minimum atomic E-state index is -1.53. The van der Waals surface area contributed by atoms with Crippen molar-refractivity contribution in [3.05, 3.63) is 29.7 Å². The third kappa shape index (κ3) is 3.93. The van der Waals surface area contributed by atoms with Crippen LogP contribution in [0.25, 0.3) is 5.65 Å². The average Bonchev–Trinajstić information content (AvgIpc) is 3.49. The normalized spacial score (nSPS) is 28.9. The molecule has 3 atom stereocenters. The summed E-state index contributed by atoms with van der Waals surface area (Å²) in [5.74, 6) is 1.88. The molecule has 0 radical (unpaired) electrons. The number of methoxy groups -OCH3 is 2. The molecule has 1 amide bonds. The van der Waals surface area contributed by atoms with Gasteiger partial charge in [-0.1, -0.05) is 0 Å². The van der Waals surface area contributed by atoms with Crippen molar-refractivity contribution in [1.82, 2.24) is 29.9 Å². The number of aromatic amines is 1. The van der Waals surface area contributed by atoms with E-state index in [2.05, 4.69) is 30.8 Å². The summed E-state index contributed by atoms with van der Waals surface area (Å²) in [4.78, 5) is 21.1. The lowest BCUT2D eigenvalue weighted by atomic mass is 9.50. The monoisotopic (exact) mass is 487 g/mol. The van der Waals surface area contributed by atoms with E-state index in [-0.39, 0.29) is 12.1 Å². The Bertz CT molecular complexity index is 1250. The van der Waals surface area contributed by atoms with E-state index in [1.807, 2.05) is 0 Å². The SMILES string of the molecule is COCc1cn2c(Nc3cc([C@@H]4OC[C@H](OC(=O)NC56CC(C5)C6)[C@H]4F)[nH]n3)nc(OC)cc2n1. The molecule has 0 aromatic carbocycles. The molecule has 4 aliphatic rings. The molecule has 3 aliphatic carbocycles. The second-order valence-electron chi connectivity index (χ2n) is 9.37. The Labute approximate surface area is 199 Å². The lowest BCUT2D eigenvalue weighted by Gasteiger charge is -2.61. The second kappa shape index (κ2) is 8.34. The second-order valence-corrected chi connectivity index (χ2v) is 9.37. The van der Waals surface area contributed by atoms with Crippen molar-refractivity contribution in [1.29, 1.82) is 0 Å². The number of hydrogen-bond donors (Lipinski definition) is 3. The van der Waals surface area contributed by atoms with Crippen LogP contribution in [0.2, 0.25) is 0 Å². The van der Waals surface area contributed by atoms with Crippen LogP contribution < -0.4 is 15.4 Å². The molecule has 186 valence electrons. The summed E-state index contributed by atoms with van der Waals surface area (Å²) in [5, 5.41) is 13.0. The van der Waals surface area contributed by atoms with Gasteiger partial charge in [0.05, 0.1) is 31.7 Å². The van der Waals surface area contributed by atoms with Crippen LogP contribution in [0, 0.1) is 5.92 Å². The number of carbonyl (C=O) groups excluding carboxylic acids is 1. The van der Waals surface area contributed by atoms with Crippen molar-refractivity contribution in [3.8, 4) is 5.88 Å². The summed E-state index contributed by atoms with van der Waals surface area (Å²) in [5.41, 5.74) is 1.62. The zero-order chi connectivity index (χ0) is 24.2. The standard InChI is InChI=1S/C22H26FN7O5/c1-32-9-12-8-30-16(24-12)4-17(33-2)26-20(30)25-15-3-13(28-29-15)19-18(23)14(10-34-19)35-21(31)27-22-5-11(6-22)7-22/h3-4,8,11,14,18-19H,5-7,9-10H2,1-2H3,(H,27,31)(H2,25,26,28,29)/t11?,14-,18+,19-,22?/m0/s1. The number of ether oxygens (including phenoxy) is 4. The average molecular weight is 487 g/mol. The fraction of sp³-hybridized carbons (Fsp3) is 0.545. The van der Waals surface area contributed by atoms with Gasteiger partial charge < -0.3 is 29.6 Å². The Hall–Kier alpha value is -3.45. The van der Waals surface area contributed by atoms with Gasteiger partial charge in [0.25, 0.3) is 0 Å². The van der Waals surface area contributed by atoms with Gasteiger partial charge in [-0.15, -0.1) is 0 Å². The molecule has 4 fully saturated rings. The molecule has 1 saturated heterocycles. The number of nitrogens with one attached hydrogen (secondary N) is 3. The molecule has 3 aromatic heterocycles. The van der Waals surface area contributed by atoms with E-state index in [4.69, 9.17) is 18.9 Å². The Kier molecular flexibility index (Phi) is 5.25. The van der Waals surface area contributed by atoms with E-state index >= 15 is 4.39 Å². The highest BCUT2D eigenvalue weighted by Gasteiger charge is 2.58. The van der Waals surface area contributed by atoms with Gasteiger partial charge in [0.15, 0.2) is 18.1 Å². The van der Waals surface area contributed by atoms with Gasteiger partial charge in [0.2, 0.25) is 11.8 Å². The molecule has 7 rings (SSSR count). The number of H-pyrrole nitrogens is 1. The molecule has 1 aliphatic heterocycles. The number of aromatic nitrogens is 5. The summed E-state index contributed by atoms with van der Waals surface area (Å²) < 4.78 is 38.2. The number of hydrogen-bond acceptors (Lipinski definition) is 9. The number of alkyl carbamates (subject to hydrolysis) is 1. The quantitative estimate of drug-likeness (QED) is 0.437. The third-order valence-corrected chi connectivity index (χ3v) is 6.87. The van der Waals surface area contributed by atoms with Crippen molar-refractivity contribution < 1.29 is 28.1 Å². The van der Waals surface area contributed by atoms with Crippen LogP contribution in [0.4, 0.5) is 21.0 Å². The highest BCUT2D eigenvalue weighted by atomic mass is 19.1. The third-order valence-electron chi connectivity index (χ3n) is 6.87. The zero-order valence-corrected chi connectivity index (χ0v) is 19.3. The molecule has 4 heterocycles. The number of nitrogens with zero attached hydrogens (tertiary/aromatic N) is 4. The predicted octanol–water partition coefficient (Wildman–Crippen LogP) is 2.41. The highest BCUT2D eigenvalue weighted by Crippen LogP contribution is 2.57. The zero-order valence-electron chi connectivity index (χ0n) is 19.3. The molecule has 3 saturated carbocycles. The van der Waals surface area contributed by atoms with Gasteiger partial charge in [-0.05, 0) is 25.2 Å². The summed E-state index contributed by atoms with van der Waals surface area (Å²) in [6, 6.07) is 3.33. The summed E-state index contributed by atoms with van der Waals surface area (Å²) in [6.07, 6.45) is 0.686. The molecular weight excluding hydrogens is 461 g/mol. The van der Waals surface area contributed by atoms with Crippen LogP contribution in [-0.4, -0.2) is 69.3 Å². The summed E-state index contributed by atoms with van der Waals surface area (Å²) in [7, 11) is 3.11. The molecule has 3 N–H and O–H groups in total. The lowest BCUT2D eigenvalue weighted by Crippen LogP contribution is -2.68. The van der Waals surface area contributed by atoms with Crippen LogP contribution in [-0.2, 0) is 20.8 Å². The first-order valence-corrected chi connectivity index (χ1v) is 11.4. The lowest BCUT2D eigenvalue weighted by molar-refractivity contribution is -0.0528. The Morgan fingerprint density at radius 3 is 2.86 bits per heavy atom. The van der Waals surface area contributed by atoms with Crippen molar-refractivity contribution in [2.45, 2.75) is 49.8 Å². The Morgan fingerprint density at radius 1 is 1.31 bits per heavy atom. The van der Waals surface area contributed by atoms with Crippen molar-refractivity contribution in [2.75, 3.05) is 26.1 Å². The maximum Gasteiger partial charge on any atom is 0.408 e. The first kappa shape index (κ1) is 22.0. The maximum atomic E-state index is 15.1. The predicted molar refractivity (Wildman–Crippen MR) is 119 cm³/mol. The minimum absolute atomic E-state index is 0.0357. The number of alkyl halides is 1. The van der Waals surface area contributed by atoms with Gasteiger partial charge in [-0.2, -0.15) is 10.1 Å². The van der Waals surface area contributed by atoms with E-state index in [9.17, 15) is 4.79 Å². The molecule has 0 spiro atoms. The molecule has 35 heavy (non-hydrogen) atoms. The molecule has 13 heteroatoms. The van der Waals surface area contributed by atoms with Crippen molar-refractivity contribution >= 4 is 23.5 Å². The van der Waals surface area contributed by atoms with Crippen LogP contribution in [0.15, 0.2) is 18.3 Å². The molecular formula is C22H26FN7O5. The van der Waals surface area contributed by atoms with E-state index in [1.54, 1.807) is 29.8 Å². The Balaban J connectivity index is 1.14. The van der Waals surface area contributed by atoms with Crippen molar-refractivity contribution in [2.24, 2.45) is 5.92 Å². The first-order valence-electron chi connectivity index (χ1n) is 11.4. The molecule has 0 unspecified atom stereocenters. The van der Waals surface area contributed by atoms with Gasteiger partial charge in [0, 0.05) is 31.0 Å². The number of imidazole rings is 1. The van der Waals surface area contributed by atoms with Gasteiger partial charge >= 0.3 is 6.09 Å². The van der Waals surface area contributed by atoms with Crippen LogP contribution >= 0.6 is 0 Å². The number of fused-ring (bicyclic) bond motifs is 1. The summed E-state index contributed by atoms with van der Waals surface area (Å²) in [6.45, 7) is 0.307. The number of carbonyl (C=O) groups is 1. The fourth-order valence-electron chi connectivity index (χ4n) is 5.04. The van der Waals surface area contributed by atoms with Crippen LogP contribution in [0.1, 0.15) is 36.8 Å². The molecule has 2 bridgehead atoms. The van der Waals surface area contributed by atoms with Crippen LogP contribution in [0.3, 0.4) is 0 Å². The topological polar surface area (TPSA) is 137 Å². The molecule has 12 nitrogen and oxygen atoms in total. The smallest absolute Gasteiger partial charge is 0.408 e. The summed E-state index contributed by atoms with van der Waals surface area (Å²) >= 11 is 0. The Morgan fingerprint density at radius 2 is 2.14 bits per heavy atom. The van der Waals surface area contributed by atoms with E-state index in [1.165, 1.54) is 7.11 Å². The van der Waals surface area contributed by atoms with Crippen molar-refractivity contribution in [3.63, 3.8) is 0 Å². The number of halogens is 1. The maximum absolute atomic E-state index is 15.1. The van der Waals surface area contributed by atoms with Crippen LogP contribution in [0.5, 0.6) is 5.88 Å².